The Hall–Kier alpha value is -2.72. The van der Waals surface area contributed by atoms with E-state index in [1.165, 1.54) is 18.2 Å². The van der Waals surface area contributed by atoms with E-state index >= 15 is 0 Å². The van der Waals surface area contributed by atoms with E-state index in [-0.39, 0.29) is 10.9 Å². The molecule has 0 saturated heterocycles. The van der Waals surface area contributed by atoms with Crippen molar-refractivity contribution in [3.05, 3.63) is 58.5 Å². The maximum absolute atomic E-state index is 13.8. The lowest BCUT2D eigenvalue weighted by Gasteiger charge is -2.04. The van der Waals surface area contributed by atoms with Crippen molar-refractivity contribution in [2.45, 2.75) is 4.90 Å². The molecule has 0 atom stereocenters. The molecule has 22 heavy (non-hydrogen) atoms. The number of nitrogens with zero attached hydrogens (tertiary/aromatic N) is 2. The fraction of sp³-hybridized carbons (Fsp3) is 0. The molecule has 0 aliphatic rings. The molecule has 7 heteroatoms. The van der Waals surface area contributed by atoms with E-state index in [2.05, 4.69) is 4.98 Å². The molecule has 0 spiro atoms. The van der Waals surface area contributed by atoms with E-state index in [9.17, 15) is 13.6 Å². The number of hydrogen-bond acceptors (Lipinski definition) is 5. The maximum atomic E-state index is 13.8. The first-order valence-electron chi connectivity index (χ1n) is 6.05. The van der Waals surface area contributed by atoms with Crippen molar-refractivity contribution in [1.29, 1.82) is 5.26 Å². The molecule has 0 fully saturated rings. The molecule has 0 N–H and O–H groups in total. The molecule has 0 radical (unpaired) electrons. The molecule has 4 nitrogen and oxygen atoms in total. The van der Waals surface area contributed by atoms with Gasteiger partial charge in [-0.1, -0.05) is 6.07 Å². The van der Waals surface area contributed by atoms with Crippen LogP contribution in [0.25, 0.3) is 22.4 Å². The third-order valence-corrected chi connectivity index (χ3v) is 3.52. The standard InChI is InChI=1S/C15H6F2N2O2S/c16-10-2-1-3-11(17)13(10)14-19-12-5-4-8(22-7-18)6-9(12)15(20)21-14/h1-6H. The van der Waals surface area contributed by atoms with Crippen LogP contribution < -0.4 is 5.63 Å². The summed E-state index contributed by atoms with van der Waals surface area (Å²) in [5, 5.41) is 10.7. The van der Waals surface area contributed by atoms with Crippen molar-refractivity contribution < 1.29 is 13.2 Å². The quantitative estimate of drug-likeness (QED) is 0.532. The van der Waals surface area contributed by atoms with Crippen LogP contribution in [0, 0.1) is 22.3 Å². The third-order valence-electron chi connectivity index (χ3n) is 2.94. The summed E-state index contributed by atoms with van der Waals surface area (Å²) >= 11 is 0.882. The Morgan fingerprint density at radius 1 is 1.18 bits per heavy atom. The maximum Gasteiger partial charge on any atom is 0.347 e. The van der Waals surface area contributed by atoms with Gasteiger partial charge in [-0.2, -0.15) is 5.26 Å². The molecule has 0 unspecified atom stereocenters. The highest BCUT2D eigenvalue weighted by Crippen LogP contribution is 2.26. The molecular weight excluding hydrogens is 310 g/mol. The molecule has 1 heterocycles. The number of aromatic nitrogens is 1. The topological polar surface area (TPSA) is 66.9 Å². The molecule has 0 saturated carbocycles. The molecule has 108 valence electrons. The van der Waals surface area contributed by atoms with Crippen LogP contribution in [0.2, 0.25) is 0 Å². The second-order valence-electron chi connectivity index (χ2n) is 4.28. The van der Waals surface area contributed by atoms with Crippen LogP contribution in [-0.2, 0) is 0 Å². The van der Waals surface area contributed by atoms with Crippen LogP contribution in [0.1, 0.15) is 0 Å². The molecule has 3 rings (SSSR count). The van der Waals surface area contributed by atoms with E-state index in [1.807, 2.05) is 5.40 Å². The summed E-state index contributed by atoms with van der Waals surface area (Å²) < 4.78 is 32.4. The van der Waals surface area contributed by atoms with Crippen LogP contribution >= 0.6 is 11.8 Å². The summed E-state index contributed by atoms with van der Waals surface area (Å²) in [6.07, 6.45) is 0. The first kappa shape index (κ1) is 14.2. The molecule has 0 aliphatic heterocycles. The molecule has 1 aromatic heterocycles. The lowest BCUT2D eigenvalue weighted by Crippen LogP contribution is -2.04. The number of hydrogen-bond donors (Lipinski definition) is 0. The Morgan fingerprint density at radius 3 is 2.59 bits per heavy atom. The van der Waals surface area contributed by atoms with E-state index in [0.29, 0.717) is 4.90 Å². The van der Waals surface area contributed by atoms with Gasteiger partial charge in [-0.15, -0.1) is 0 Å². The molecular formula is C15H6F2N2O2S. The van der Waals surface area contributed by atoms with Crippen molar-refractivity contribution in [2.24, 2.45) is 0 Å². The van der Waals surface area contributed by atoms with Gasteiger partial charge in [0.2, 0.25) is 5.89 Å². The van der Waals surface area contributed by atoms with Crippen molar-refractivity contribution in [3.8, 4) is 16.9 Å². The highest BCUT2D eigenvalue weighted by atomic mass is 32.2. The van der Waals surface area contributed by atoms with E-state index < -0.39 is 28.7 Å². The van der Waals surface area contributed by atoms with Gasteiger partial charge >= 0.3 is 5.63 Å². The van der Waals surface area contributed by atoms with Crippen LogP contribution in [0.15, 0.2) is 50.5 Å². The zero-order valence-corrected chi connectivity index (χ0v) is 11.7. The smallest absolute Gasteiger partial charge is 0.347 e. The van der Waals surface area contributed by atoms with Gasteiger partial charge in [-0.05, 0) is 42.1 Å². The van der Waals surface area contributed by atoms with Gasteiger partial charge in [0.15, 0.2) is 0 Å². The molecule has 2 aromatic carbocycles. The van der Waals surface area contributed by atoms with Gasteiger partial charge < -0.3 is 4.42 Å². The van der Waals surface area contributed by atoms with Crippen LogP contribution in [0.4, 0.5) is 8.78 Å². The largest absolute Gasteiger partial charge is 0.403 e. The van der Waals surface area contributed by atoms with E-state index in [0.717, 1.165) is 23.9 Å². The molecule has 3 aromatic rings. The first-order chi connectivity index (χ1) is 10.6. The van der Waals surface area contributed by atoms with Crippen LogP contribution in [0.3, 0.4) is 0 Å². The normalized spacial score (nSPS) is 10.6. The lowest BCUT2D eigenvalue weighted by atomic mass is 10.2. The number of nitriles is 1. The Bertz CT molecular complexity index is 959. The number of benzene rings is 2. The van der Waals surface area contributed by atoms with Gasteiger partial charge in [0.1, 0.15) is 22.6 Å². The minimum absolute atomic E-state index is 0.140. The zero-order chi connectivity index (χ0) is 15.7. The molecule has 0 bridgehead atoms. The second-order valence-corrected chi connectivity index (χ2v) is 5.13. The average Bonchev–Trinajstić information content (AvgIpc) is 2.48. The number of halogens is 2. The fourth-order valence-corrected chi connectivity index (χ4v) is 2.39. The minimum atomic E-state index is -0.869. The third kappa shape index (κ3) is 2.44. The second kappa shape index (κ2) is 5.58. The number of thiocyanates is 1. The Balaban J connectivity index is 2.25. The van der Waals surface area contributed by atoms with E-state index in [4.69, 9.17) is 9.68 Å². The summed E-state index contributed by atoms with van der Waals surface area (Å²) in [6.45, 7) is 0. The fourth-order valence-electron chi connectivity index (χ4n) is 1.98. The lowest BCUT2D eigenvalue weighted by molar-refractivity contribution is 0.501. The van der Waals surface area contributed by atoms with Crippen LogP contribution in [-0.4, -0.2) is 4.98 Å². The Morgan fingerprint density at radius 2 is 1.91 bits per heavy atom. The molecule has 0 aliphatic carbocycles. The zero-order valence-electron chi connectivity index (χ0n) is 10.8. The van der Waals surface area contributed by atoms with Crippen molar-refractivity contribution >= 4 is 22.7 Å². The summed E-state index contributed by atoms with van der Waals surface area (Å²) in [6, 6.07) is 7.84. The van der Waals surface area contributed by atoms with Gasteiger partial charge in [-0.3, -0.25) is 0 Å². The minimum Gasteiger partial charge on any atom is -0.403 e. The first-order valence-corrected chi connectivity index (χ1v) is 6.87. The number of rotatable bonds is 2. The van der Waals surface area contributed by atoms with Crippen molar-refractivity contribution in [2.75, 3.05) is 0 Å². The highest BCUT2D eigenvalue weighted by Gasteiger charge is 2.17. The number of thioether (sulfide) groups is 1. The average molecular weight is 316 g/mol. The number of fused-ring (bicyclic) bond motifs is 1. The predicted octanol–water partition coefficient (Wildman–Crippen LogP) is 3.71. The summed E-state index contributed by atoms with van der Waals surface area (Å²) in [7, 11) is 0. The summed E-state index contributed by atoms with van der Waals surface area (Å²) in [5.41, 5.74) is -1.03. The van der Waals surface area contributed by atoms with Gasteiger partial charge in [0.25, 0.3) is 0 Å². The highest BCUT2D eigenvalue weighted by molar-refractivity contribution is 8.03. The van der Waals surface area contributed by atoms with Gasteiger partial charge in [0, 0.05) is 4.90 Å². The summed E-state index contributed by atoms with van der Waals surface area (Å²) in [5.74, 6) is -2.16. The van der Waals surface area contributed by atoms with Gasteiger partial charge in [0.05, 0.1) is 10.9 Å². The Labute approximate surface area is 127 Å². The Kier molecular flexibility index (Phi) is 3.61. The predicted molar refractivity (Wildman–Crippen MR) is 77.1 cm³/mol. The summed E-state index contributed by atoms with van der Waals surface area (Å²) in [4.78, 5) is 16.5. The van der Waals surface area contributed by atoms with Gasteiger partial charge in [-0.25, -0.2) is 18.6 Å². The SMILES string of the molecule is N#CSc1ccc2nc(-c3c(F)cccc3F)oc(=O)c2c1. The van der Waals surface area contributed by atoms with E-state index in [1.54, 1.807) is 6.07 Å². The van der Waals surface area contributed by atoms with Crippen LogP contribution in [0.5, 0.6) is 0 Å². The van der Waals surface area contributed by atoms with Crippen molar-refractivity contribution in [3.63, 3.8) is 0 Å². The monoisotopic (exact) mass is 316 g/mol. The van der Waals surface area contributed by atoms with Crippen molar-refractivity contribution in [1.82, 2.24) is 4.98 Å². The molecule has 0 amide bonds.